The summed E-state index contributed by atoms with van der Waals surface area (Å²) in [5.74, 6) is 0.937. The molecule has 4 nitrogen and oxygen atoms in total. The quantitative estimate of drug-likeness (QED) is 0.765. The molecule has 1 aliphatic rings. The van der Waals surface area contributed by atoms with Crippen LogP contribution in [0.2, 0.25) is 0 Å². The SMILES string of the molecule is CC1(CNC(=O)CCCOc2ccccc2)COC1. The zero-order valence-electron chi connectivity index (χ0n) is 11.4. The largest absolute Gasteiger partial charge is 0.494 e. The Morgan fingerprint density at radius 2 is 2.11 bits per heavy atom. The van der Waals surface area contributed by atoms with Gasteiger partial charge in [0.05, 0.1) is 19.8 Å². The van der Waals surface area contributed by atoms with Crippen LogP contribution in [0.25, 0.3) is 0 Å². The molecule has 1 heterocycles. The second-order valence-electron chi connectivity index (χ2n) is 5.35. The molecule has 0 saturated carbocycles. The molecule has 1 aromatic rings. The fourth-order valence-electron chi connectivity index (χ4n) is 1.89. The highest BCUT2D eigenvalue weighted by Gasteiger charge is 2.33. The first-order valence-electron chi connectivity index (χ1n) is 6.70. The van der Waals surface area contributed by atoms with Crippen LogP contribution in [-0.4, -0.2) is 32.3 Å². The molecule has 1 amide bonds. The zero-order chi connectivity index (χ0) is 13.6. The number of carbonyl (C=O) groups excluding carboxylic acids is 1. The van der Waals surface area contributed by atoms with Crippen LogP contribution in [0.15, 0.2) is 30.3 Å². The van der Waals surface area contributed by atoms with E-state index in [4.69, 9.17) is 9.47 Å². The van der Waals surface area contributed by atoms with Gasteiger partial charge in [0.25, 0.3) is 0 Å². The number of hydrogen-bond donors (Lipinski definition) is 1. The van der Waals surface area contributed by atoms with Crippen LogP contribution in [0.3, 0.4) is 0 Å². The van der Waals surface area contributed by atoms with E-state index in [1.165, 1.54) is 0 Å². The van der Waals surface area contributed by atoms with Crippen LogP contribution in [0.4, 0.5) is 0 Å². The van der Waals surface area contributed by atoms with Crippen molar-refractivity contribution in [3.63, 3.8) is 0 Å². The molecule has 2 rings (SSSR count). The second kappa shape index (κ2) is 6.57. The number of benzene rings is 1. The molecule has 0 aliphatic carbocycles. The third kappa shape index (κ3) is 4.56. The van der Waals surface area contributed by atoms with Crippen LogP contribution in [0.5, 0.6) is 5.75 Å². The zero-order valence-corrected chi connectivity index (χ0v) is 11.4. The Kier molecular flexibility index (Phi) is 4.80. The Morgan fingerprint density at radius 1 is 1.37 bits per heavy atom. The van der Waals surface area contributed by atoms with Crippen molar-refractivity contribution in [3.05, 3.63) is 30.3 Å². The second-order valence-corrected chi connectivity index (χ2v) is 5.35. The number of nitrogens with one attached hydrogen (secondary N) is 1. The van der Waals surface area contributed by atoms with Gasteiger partial charge in [-0.05, 0) is 18.6 Å². The number of ether oxygens (including phenoxy) is 2. The smallest absolute Gasteiger partial charge is 0.220 e. The van der Waals surface area contributed by atoms with Crippen LogP contribution < -0.4 is 10.1 Å². The van der Waals surface area contributed by atoms with Crippen LogP contribution >= 0.6 is 0 Å². The van der Waals surface area contributed by atoms with Crippen molar-refractivity contribution in [2.24, 2.45) is 5.41 Å². The first-order valence-corrected chi connectivity index (χ1v) is 6.70. The van der Waals surface area contributed by atoms with Crippen LogP contribution in [0.1, 0.15) is 19.8 Å². The van der Waals surface area contributed by atoms with E-state index in [1.807, 2.05) is 30.3 Å². The van der Waals surface area contributed by atoms with Crippen molar-refractivity contribution in [3.8, 4) is 5.75 Å². The number of amides is 1. The van der Waals surface area contributed by atoms with Gasteiger partial charge < -0.3 is 14.8 Å². The number of para-hydroxylation sites is 1. The van der Waals surface area contributed by atoms with Crippen molar-refractivity contribution in [1.29, 1.82) is 0 Å². The number of rotatable bonds is 7. The summed E-state index contributed by atoms with van der Waals surface area (Å²) in [7, 11) is 0. The number of hydrogen-bond acceptors (Lipinski definition) is 3. The van der Waals surface area contributed by atoms with Crippen molar-refractivity contribution in [2.75, 3.05) is 26.4 Å². The first-order chi connectivity index (χ1) is 9.18. The molecule has 104 valence electrons. The average molecular weight is 263 g/mol. The van der Waals surface area contributed by atoms with Crippen molar-refractivity contribution < 1.29 is 14.3 Å². The van der Waals surface area contributed by atoms with Gasteiger partial charge in [0.2, 0.25) is 5.91 Å². The van der Waals surface area contributed by atoms with Crippen LogP contribution in [0, 0.1) is 5.41 Å². The molecule has 0 spiro atoms. The lowest BCUT2D eigenvalue weighted by Gasteiger charge is -2.38. The Hall–Kier alpha value is -1.55. The monoisotopic (exact) mass is 263 g/mol. The lowest BCUT2D eigenvalue weighted by Crippen LogP contribution is -2.48. The highest BCUT2D eigenvalue weighted by Crippen LogP contribution is 2.25. The molecule has 4 heteroatoms. The molecule has 0 unspecified atom stereocenters. The summed E-state index contributed by atoms with van der Waals surface area (Å²) in [6.45, 7) is 4.87. The predicted molar refractivity (Wildman–Crippen MR) is 73.1 cm³/mol. The van der Waals surface area contributed by atoms with E-state index in [2.05, 4.69) is 12.2 Å². The van der Waals surface area contributed by atoms with Crippen LogP contribution in [-0.2, 0) is 9.53 Å². The minimum Gasteiger partial charge on any atom is -0.494 e. The summed E-state index contributed by atoms with van der Waals surface area (Å²) in [5.41, 5.74) is 0.135. The summed E-state index contributed by atoms with van der Waals surface area (Å²) in [4.78, 5) is 11.6. The van der Waals surface area contributed by atoms with Gasteiger partial charge in [0.15, 0.2) is 0 Å². The van der Waals surface area contributed by atoms with E-state index in [9.17, 15) is 4.79 Å². The van der Waals surface area contributed by atoms with Crippen molar-refractivity contribution >= 4 is 5.91 Å². The third-order valence-corrected chi connectivity index (χ3v) is 3.17. The Labute approximate surface area is 114 Å². The van der Waals surface area contributed by atoms with E-state index < -0.39 is 0 Å². The third-order valence-electron chi connectivity index (χ3n) is 3.17. The average Bonchev–Trinajstić information content (AvgIpc) is 2.40. The molecule has 0 radical (unpaired) electrons. The standard InChI is InChI=1S/C15H21NO3/c1-15(11-18-12-15)10-16-14(17)8-5-9-19-13-6-3-2-4-7-13/h2-4,6-7H,5,8-12H2,1H3,(H,16,17). The summed E-state index contributed by atoms with van der Waals surface area (Å²) in [6, 6.07) is 9.65. The highest BCUT2D eigenvalue weighted by atomic mass is 16.5. The Morgan fingerprint density at radius 3 is 2.74 bits per heavy atom. The maximum Gasteiger partial charge on any atom is 0.220 e. The van der Waals surface area contributed by atoms with Gasteiger partial charge in [-0.3, -0.25) is 4.79 Å². The summed E-state index contributed by atoms with van der Waals surface area (Å²) in [5, 5.41) is 2.95. The molecule has 19 heavy (non-hydrogen) atoms. The van der Waals surface area contributed by atoms with Gasteiger partial charge in [-0.25, -0.2) is 0 Å². The molecule has 0 aromatic heterocycles. The van der Waals surface area contributed by atoms with Crippen molar-refractivity contribution in [1.82, 2.24) is 5.32 Å². The fourth-order valence-corrected chi connectivity index (χ4v) is 1.89. The predicted octanol–water partition coefficient (Wildman–Crippen LogP) is 2.00. The number of carbonyl (C=O) groups is 1. The topological polar surface area (TPSA) is 47.6 Å². The molecular formula is C15H21NO3. The fraction of sp³-hybridized carbons (Fsp3) is 0.533. The van der Waals surface area contributed by atoms with E-state index in [1.54, 1.807) is 0 Å². The maximum atomic E-state index is 11.6. The first kappa shape index (κ1) is 13.9. The van der Waals surface area contributed by atoms with Gasteiger partial charge in [-0.1, -0.05) is 25.1 Å². The maximum absolute atomic E-state index is 11.6. The molecule has 1 aliphatic heterocycles. The molecule has 0 bridgehead atoms. The van der Waals surface area contributed by atoms with Gasteiger partial charge in [0.1, 0.15) is 5.75 Å². The highest BCUT2D eigenvalue weighted by molar-refractivity contribution is 5.75. The van der Waals surface area contributed by atoms with Gasteiger partial charge in [-0.15, -0.1) is 0 Å². The van der Waals surface area contributed by atoms with Gasteiger partial charge in [0, 0.05) is 18.4 Å². The summed E-state index contributed by atoms with van der Waals surface area (Å²) >= 11 is 0. The summed E-state index contributed by atoms with van der Waals surface area (Å²) < 4.78 is 10.7. The lowest BCUT2D eigenvalue weighted by molar-refractivity contribution is -0.127. The normalized spacial score (nSPS) is 16.5. The molecule has 1 aromatic carbocycles. The molecular weight excluding hydrogens is 242 g/mol. The minimum absolute atomic E-state index is 0.0878. The van der Waals surface area contributed by atoms with E-state index in [-0.39, 0.29) is 11.3 Å². The van der Waals surface area contributed by atoms with Gasteiger partial charge in [-0.2, -0.15) is 0 Å². The van der Waals surface area contributed by atoms with Gasteiger partial charge >= 0.3 is 0 Å². The molecule has 1 saturated heterocycles. The van der Waals surface area contributed by atoms with E-state index >= 15 is 0 Å². The molecule has 0 atom stereocenters. The Balaban J connectivity index is 1.54. The minimum atomic E-state index is 0.0878. The molecule has 1 N–H and O–H groups in total. The van der Waals surface area contributed by atoms with Crippen molar-refractivity contribution in [2.45, 2.75) is 19.8 Å². The van der Waals surface area contributed by atoms with E-state index in [0.29, 0.717) is 19.6 Å². The Bertz CT molecular complexity index is 401. The molecule has 1 fully saturated rings. The lowest BCUT2D eigenvalue weighted by atomic mass is 9.89. The summed E-state index contributed by atoms with van der Waals surface area (Å²) in [6.07, 6.45) is 1.23. The van der Waals surface area contributed by atoms with E-state index in [0.717, 1.165) is 25.4 Å².